The van der Waals surface area contributed by atoms with Gasteiger partial charge >= 0.3 is 0 Å². The standard InChI is InChI=1S/C18H21ClN2O4S/c1-20(12-14-6-4-9-17(10-14)25-2)18(22)13-21(26(3,23)24)16-8-5-7-15(19)11-16/h4-11H,12-13H2,1-3H3. The maximum atomic E-state index is 12.6. The molecular weight excluding hydrogens is 376 g/mol. The number of sulfonamides is 1. The second-order valence-corrected chi connectivity index (χ2v) is 8.19. The van der Waals surface area contributed by atoms with E-state index in [0.717, 1.165) is 16.1 Å². The number of halogens is 1. The van der Waals surface area contributed by atoms with Gasteiger partial charge in [0, 0.05) is 18.6 Å². The largest absolute Gasteiger partial charge is 0.497 e. The van der Waals surface area contributed by atoms with E-state index in [1.807, 2.05) is 24.3 Å². The van der Waals surface area contributed by atoms with Crippen LogP contribution in [0, 0.1) is 0 Å². The number of likely N-dealkylation sites (N-methyl/N-ethyl adjacent to an activating group) is 1. The first-order valence-corrected chi connectivity index (χ1v) is 10.0. The van der Waals surface area contributed by atoms with Crippen molar-refractivity contribution in [2.75, 3.05) is 31.3 Å². The molecule has 0 aromatic heterocycles. The van der Waals surface area contributed by atoms with Crippen molar-refractivity contribution in [2.45, 2.75) is 6.54 Å². The van der Waals surface area contributed by atoms with Crippen LogP contribution in [0.3, 0.4) is 0 Å². The normalized spacial score (nSPS) is 11.1. The van der Waals surface area contributed by atoms with Gasteiger partial charge in [0.25, 0.3) is 0 Å². The molecule has 0 saturated carbocycles. The fraction of sp³-hybridized carbons (Fsp3) is 0.278. The number of nitrogens with zero attached hydrogens (tertiary/aromatic N) is 2. The van der Waals surface area contributed by atoms with Crippen molar-refractivity contribution in [2.24, 2.45) is 0 Å². The molecule has 2 aromatic rings. The number of rotatable bonds is 7. The predicted octanol–water partition coefficient (Wildman–Crippen LogP) is 2.77. The van der Waals surface area contributed by atoms with E-state index >= 15 is 0 Å². The molecule has 0 aliphatic carbocycles. The lowest BCUT2D eigenvalue weighted by Crippen LogP contribution is -2.41. The Bertz CT molecular complexity index is 886. The van der Waals surface area contributed by atoms with Gasteiger partial charge in [0.2, 0.25) is 15.9 Å². The van der Waals surface area contributed by atoms with Gasteiger partial charge in [-0.15, -0.1) is 0 Å². The minimum Gasteiger partial charge on any atom is -0.497 e. The molecule has 0 atom stereocenters. The van der Waals surface area contributed by atoms with Gasteiger partial charge in [0.05, 0.1) is 19.1 Å². The van der Waals surface area contributed by atoms with Crippen LogP contribution < -0.4 is 9.04 Å². The predicted molar refractivity (Wildman–Crippen MR) is 103 cm³/mol. The quantitative estimate of drug-likeness (QED) is 0.721. The molecule has 0 saturated heterocycles. The monoisotopic (exact) mass is 396 g/mol. The Morgan fingerprint density at radius 3 is 2.46 bits per heavy atom. The van der Waals surface area contributed by atoms with Crippen molar-refractivity contribution in [3.05, 3.63) is 59.1 Å². The molecule has 0 aliphatic rings. The number of hydrogen-bond donors (Lipinski definition) is 0. The third-order valence-electron chi connectivity index (χ3n) is 3.76. The van der Waals surface area contributed by atoms with Gasteiger partial charge in [0.1, 0.15) is 12.3 Å². The van der Waals surface area contributed by atoms with Crippen molar-refractivity contribution >= 4 is 33.2 Å². The Morgan fingerprint density at radius 2 is 1.85 bits per heavy atom. The Balaban J connectivity index is 2.16. The molecule has 0 aliphatic heterocycles. The van der Waals surface area contributed by atoms with Crippen molar-refractivity contribution in [3.63, 3.8) is 0 Å². The summed E-state index contributed by atoms with van der Waals surface area (Å²) in [5, 5.41) is 0.397. The maximum Gasteiger partial charge on any atom is 0.243 e. The van der Waals surface area contributed by atoms with E-state index in [0.29, 0.717) is 23.0 Å². The molecule has 0 N–H and O–H groups in total. The molecule has 1 amide bonds. The minimum atomic E-state index is -3.64. The van der Waals surface area contributed by atoms with Gasteiger partial charge in [0.15, 0.2) is 0 Å². The summed E-state index contributed by atoms with van der Waals surface area (Å²) in [6, 6.07) is 13.7. The summed E-state index contributed by atoms with van der Waals surface area (Å²) in [5.41, 5.74) is 1.23. The van der Waals surface area contributed by atoms with E-state index in [2.05, 4.69) is 0 Å². The Morgan fingerprint density at radius 1 is 1.15 bits per heavy atom. The van der Waals surface area contributed by atoms with E-state index < -0.39 is 10.0 Å². The van der Waals surface area contributed by atoms with Gasteiger partial charge < -0.3 is 9.64 Å². The first-order chi connectivity index (χ1) is 12.2. The lowest BCUT2D eigenvalue weighted by molar-refractivity contribution is -0.128. The van der Waals surface area contributed by atoms with Gasteiger partial charge in [-0.1, -0.05) is 29.8 Å². The molecular formula is C18H21ClN2O4S. The van der Waals surface area contributed by atoms with E-state index in [1.54, 1.807) is 32.4 Å². The highest BCUT2D eigenvalue weighted by molar-refractivity contribution is 7.92. The fourth-order valence-electron chi connectivity index (χ4n) is 2.41. The summed E-state index contributed by atoms with van der Waals surface area (Å²) < 4.78 is 30.5. The molecule has 2 rings (SSSR count). The highest BCUT2D eigenvalue weighted by atomic mass is 35.5. The van der Waals surface area contributed by atoms with Gasteiger partial charge in [-0.25, -0.2) is 8.42 Å². The first-order valence-electron chi connectivity index (χ1n) is 7.81. The average Bonchev–Trinajstić information content (AvgIpc) is 2.58. The number of carbonyl (C=O) groups is 1. The second-order valence-electron chi connectivity index (χ2n) is 5.85. The Hall–Kier alpha value is -2.25. The van der Waals surface area contributed by atoms with Crippen LogP contribution >= 0.6 is 11.6 Å². The van der Waals surface area contributed by atoms with E-state index in [4.69, 9.17) is 16.3 Å². The number of methoxy groups -OCH3 is 1. The second kappa shape index (κ2) is 8.42. The van der Waals surface area contributed by atoms with Crippen molar-refractivity contribution in [1.29, 1.82) is 0 Å². The van der Waals surface area contributed by atoms with Crippen molar-refractivity contribution in [3.8, 4) is 5.75 Å². The summed E-state index contributed by atoms with van der Waals surface area (Å²) in [5.74, 6) is 0.359. The van der Waals surface area contributed by atoms with E-state index in [9.17, 15) is 13.2 Å². The van der Waals surface area contributed by atoms with E-state index in [-0.39, 0.29) is 12.5 Å². The van der Waals surface area contributed by atoms with Crippen LogP contribution in [0.25, 0.3) is 0 Å². The number of ether oxygens (including phenoxy) is 1. The average molecular weight is 397 g/mol. The molecule has 2 aromatic carbocycles. The molecule has 0 spiro atoms. The Labute approximate surface area is 159 Å². The molecule has 0 fully saturated rings. The third kappa shape index (κ3) is 5.37. The zero-order valence-electron chi connectivity index (χ0n) is 14.8. The van der Waals surface area contributed by atoms with Gasteiger partial charge in [-0.05, 0) is 35.9 Å². The van der Waals surface area contributed by atoms with Crippen LogP contribution in [-0.4, -0.2) is 46.2 Å². The number of carbonyl (C=O) groups excluding carboxylic acids is 1. The number of hydrogen-bond acceptors (Lipinski definition) is 4. The number of benzene rings is 2. The zero-order valence-corrected chi connectivity index (χ0v) is 16.4. The first kappa shape index (κ1) is 20.1. The summed E-state index contributed by atoms with van der Waals surface area (Å²) in [7, 11) is -0.442. The molecule has 8 heteroatoms. The molecule has 0 unspecified atom stereocenters. The smallest absolute Gasteiger partial charge is 0.243 e. The van der Waals surface area contributed by atoms with Crippen LogP contribution in [0.15, 0.2) is 48.5 Å². The number of anilines is 1. The summed E-state index contributed by atoms with van der Waals surface area (Å²) in [4.78, 5) is 14.0. The van der Waals surface area contributed by atoms with E-state index in [1.165, 1.54) is 11.0 Å². The Kier molecular flexibility index (Phi) is 6.50. The topological polar surface area (TPSA) is 66.9 Å². The zero-order chi connectivity index (χ0) is 19.3. The van der Waals surface area contributed by atoms with Gasteiger partial charge in [-0.2, -0.15) is 0 Å². The molecule has 0 heterocycles. The van der Waals surface area contributed by atoms with Crippen LogP contribution in [0.4, 0.5) is 5.69 Å². The molecule has 26 heavy (non-hydrogen) atoms. The van der Waals surface area contributed by atoms with Crippen molar-refractivity contribution < 1.29 is 17.9 Å². The summed E-state index contributed by atoms with van der Waals surface area (Å²) in [6.07, 6.45) is 1.06. The molecule has 0 bridgehead atoms. The molecule has 0 radical (unpaired) electrons. The summed E-state index contributed by atoms with van der Waals surface area (Å²) in [6.45, 7) is 0.0306. The summed E-state index contributed by atoms with van der Waals surface area (Å²) >= 11 is 5.95. The maximum absolute atomic E-state index is 12.6. The lowest BCUT2D eigenvalue weighted by Gasteiger charge is -2.25. The SMILES string of the molecule is COc1cccc(CN(C)C(=O)CN(c2cccc(Cl)c2)S(C)(=O)=O)c1. The highest BCUT2D eigenvalue weighted by Crippen LogP contribution is 2.22. The lowest BCUT2D eigenvalue weighted by atomic mass is 10.2. The van der Waals surface area contributed by atoms with Crippen molar-refractivity contribution in [1.82, 2.24) is 4.90 Å². The molecule has 140 valence electrons. The van der Waals surface area contributed by atoms with Crippen LogP contribution in [0.2, 0.25) is 5.02 Å². The van der Waals surface area contributed by atoms with Crippen LogP contribution in [-0.2, 0) is 21.4 Å². The third-order valence-corrected chi connectivity index (χ3v) is 5.13. The fourth-order valence-corrected chi connectivity index (χ4v) is 3.43. The van der Waals surface area contributed by atoms with Gasteiger partial charge in [-0.3, -0.25) is 9.10 Å². The number of amides is 1. The highest BCUT2D eigenvalue weighted by Gasteiger charge is 2.23. The van der Waals surface area contributed by atoms with Crippen LogP contribution in [0.1, 0.15) is 5.56 Å². The molecule has 6 nitrogen and oxygen atoms in total. The minimum absolute atomic E-state index is 0.306. The van der Waals surface area contributed by atoms with Crippen LogP contribution in [0.5, 0.6) is 5.75 Å².